The summed E-state index contributed by atoms with van der Waals surface area (Å²) in [4.78, 5) is 30.1. The highest BCUT2D eigenvalue weighted by atomic mass is 16.3. The summed E-state index contributed by atoms with van der Waals surface area (Å²) in [5, 5.41) is 21.0. The Kier molecular flexibility index (Phi) is 4.19. The van der Waals surface area contributed by atoms with Crippen LogP contribution in [0, 0.1) is 13.8 Å². The van der Waals surface area contributed by atoms with Gasteiger partial charge in [0.2, 0.25) is 0 Å². The molecule has 0 atom stereocenters. The van der Waals surface area contributed by atoms with Crippen LogP contribution in [-0.2, 0) is 0 Å². The Morgan fingerprint density at radius 1 is 0.800 bits per heavy atom. The molecule has 4 N–H and O–H groups in total. The molecule has 1 aromatic carbocycles. The van der Waals surface area contributed by atoms with E-state index in [2.05, 4.69) is 9.97 Å². The van der Waals surface area contributed by atoms with Crippen LogP contribution >= 0.6 is 0 Å². The maximum absolute atomic E-state index is 12.5. The third-order valence-corrected chi connectivity index (χ3v) is 4.30. The monoisotopic (exact) mass is 338 g/mol. The van der Waals surface area contributed by atoms with Gasteiger partial charge >= 0.3 is 0 Å². The zero-order chi connectivity index (χ0) is 18.1. The Morgan fingerprint density at radius 2 is 1.24 bits per heavy atom. The minimum absolute atomic E-state index is 0.0256. The number of hydrogen-bond acceptors (Lipinski definition) is 4. The number of aromatic amines is 2. The number of aromatic hydroxyl groups is 2. The molecule has 0 saturated carbocycles. The molecule has 6 heteroatoms. The second-order valence-electron chi connectivity index (χ2n) is 5.97. The molecule has 25 heavy (non-hydrogen) atoms. The van der Waals surface area contributed by atoms with E-state index in [-0.39, 0.29) is 22.6 Å². The molecular weight excluding hydrogens is 320 g/mol. The molecule has 3 rings (SSSR count). The van der Waals surface area contributed by atoms with E-state index in [1.165, 1.54) is 12.4 Å². The maximum atomic E-state index is 12.5. The van der Waals surface area contributed by atoms with Crippen LogP contribution in [0.25, 0.3) is 0 Å². The van der Waals surface area contributed by atoms with Crippen LogP contribution in [0.2, 0.25) is 0 Å². The number of aryl methyl sites for hydroxylation is 2. The van der Waals surface area contributed by atoms with Gasteiger partial charge in [-0.1, -0.05) is 30.3 Å². The summed E-state index contributed by atoms with van der Waals surface area (Å²) < 4.78 is 0. The number of rotatable bonds is 3. The van der Waals surface area contributed by atoms with Gasteiger partial charge in [0.05, 0.1) is 17.0 Å². The molecule has 0 unspecified atom stereocenters. The Bertz CT molecular complexity index is 970. The second-order valence-corrected chi connectivity index (χ2v) is 5.97. The molecule has 0 radical (unpaired) electrons. The molecule has 2 heterocycles. The third kappa shape index (κ3) is 2.82. The fourth-order valence-electron chi connectivity index (χ4n) is 2.94. The SMILES string of the molecule is Cc1c[nH]c(=O)c(C(c2ccccc2)c2c(O)c(C)c[nH]c2=O)c1O. The number of aromatic nitrogens is 2. The van der Waals surface area contributed by atoms with Crippen LogP contribution in [0.4, 0.5) is 0 Å². The van der Waals surface area contributed by atoms with E-state index < -0.39 is 17.0 Å². The van der Waals surface area contributed by atoms with Crippen LogP contribution < -0.4 is 11.1 Å². The Labute approximate surface area is 143 Å². The lowest BCUT2D eigenvalue weighted by atomic mass is 9.84. The van der Waals surface area contributed by atoms with E-state index in [4.69, 9.17) is 0 Å². The number of hydrogen-bond donors (Lipinski definition) is 4. The Balaban J connectivity index is 2.43. The molecule has 0 saturated heterocycles. The van der Waals surface area contributed by atoms with E-state index in [0.29, 0.717) is 16.7 Å². The fourth-order valence-corrected chi connectivity index (χ4v) is 2.94. The average molecular weight is 338 g/mol. The number of pyridine rings is 2. The van der Waals surface area contributed by atoms with Gasteiger partial charge in [0.1, 0.15) is 11.5 Å². The first-order valence-electron chi connectivity index (χ1n) is 7.79. The molecule has 0 fully saturated rings. The van der Waals surface area contributed by atoms with Crippen molar-refractivity contribution in [2.45, 2.75) is 19.8 Å². The van der Waals surface area contributed by atoms with Crippen LogP contribution in [0.3, 0.4) is 0 Å². The van der Waals surface area contributed by atoms with Gasteiger partial charge in [0.25, 0.3) is 11.1 Å². The van der Waals surface area contributed by atoms with Gasteiger partial charge < -0.3 is 20.2 Å². The number of benzene rings is 1. The molecule has 0 aliphatic heterocycles. The molecular formula is C19H18N2O4. The zero-order valence-corrected chi connectivity index (χ0v) is 13.8. The molecule has 0 bridgehead atoms. The molecule has 0 aliphatic rings. The number of H-pyrrole nitrogens is 2. The van der Waals surface area contributed by atoms with Crippen molar-refractivity contribution in [2.24, 2.45) is 0 Å². The lowest BCUT2D eigenvalue weighted by Crippen LogP contribution is -2.24. The minimum atomic E-state index is -0.909. The largest absolute Gasteiger partial charge is 0.507 e. The van der Waals surface area contributed by atoms with Crippen LogP contribution in [-0.4, -0.2) is 20.2 Å². The van der Waals surface area contributed by atoms with Crippen LogP contribution in [0.1, 0.15) is 33.7 Å². The minimum Gasteiger partial charge on any atom is -0.507 e. The van der Waals surface area contributed by atoms with Gasteiger partial charge in [-0.05, 0) is 19.4 Å². The van der Waals surface area contributed by atoms with Gasteiger partial charge in [0, 0.05) is 23.5 Å². The predicted molar refractivity (Wildman–Crippen MR) is 94.3 cm³/mol. The fraction of sp³-hybridized carbons (Fsp3) is 0.158. The van der Waals surface area contributed by atoms with E-state index in [1.54, 1.807) is 44.2 Å². The summed E-state index contributed by atoms with van der Waals surface area (Å²) in [5.74, 6) is -1.30. The lowest BCUT2D eigenvalue weighted by Gasteiger charge is -2.20. The van der Waals surface area contributed by atoms with E-state index in [0.717, 1.165) is 0 Å². The van der Waals surface area contributed by atoms with E-state index in [9.17, 15) is 19.8 Å². The highest BCUT2D eigenvalue weighted by molar-refractivity contribution is 5.53. The van der Waals surface area contributed by atoms with Gasteiger partial charge in [-0.15, -0.1) is 0 Å². The summed E-state index contributed by atoms with van der Waals surface area (Å²) in [5.41, 5.74) is 0.572. The first kappa shape index (κ1) is 16.6. The standard InChI is InChI=1S/C19H18N2O4/c1-10-8-20-18(24)14(16(10)22)13(12-6-4-3-5-7-12)15-17(23)11(2)9-21-19(15)25/h3-9,13H,1-2H3,(H2,20,22,24)(H2,21,23,25). The van der Waals surface area contributed by atoms with E-state index >= 15 is 0 Å². The Morgan fingerprint density at radius 3 is 1.68 bits per heavy atom. The van der Waals surface area contributed by atoms with E-state index in [1.807, 2.05) is 0 Å². The third-order valence-electron chi connectivity index (χ3n) is 4.30. The summed E-state index contributed by atoms with van der Waals surface area (Å²) in [6.45, 7) is 3.30. The maximum Gasteiger partial charge on any atom is 0.255 e. The first-order chi connectivity index (χ1) is 11.9. The van der Waals surface area contributed by atoms with Crippen molar-refractivity contribution >= 4 is 0 Å². The van der Waals surface area contributed by atoms with Crippen molar-refractivity contribution in [1.82, 2.24) is 9.97 Å². The van der Waals surface area contributed by atoms with Gasteiger partial charge in [-0.25, -0.2) is 0 Å². The smallest absolute Gasteiger partial charge is 0.255 e. The molecule has 2 aromatic heterocycles. The van der Waals surface area contributed by atoms with Gasteiger partial charge in [-0.3, -0.25) is 9.59 Å². The topological polar surface area (TPSA) is 106 Å². The zero-order valence-electron chi connectivity index (χ0n) is 13.8. The highest BCUT2D eigenvalue weighted by Gasteiger charge is 2.29. The van der Waals surface area contributed by atoms with Gasteiger partial charge in [0.15, 0.2) is 0 Å². The van der Waals surface area contributed by atoms with Crippen molar-refractivity contribution in [3.05, 3.63) is 91.3 Å². The summed E-state index contributed by atoms with van der Waals surface area (Å²) in [6.07, 6.45) is 2.81. The van der Waals surface area contributed by atoms with Crippen molar-refractivity contribution in [3.63, 3.8) is 0 Å². The van der Waals surface area contributed by atoms with Crippen molar-refractivity contribution in [3.8, 4) is 11.5 Å². The normalized spacial score (nSPS) is 11.0. The summed E-state index contributed by atoms with van der Waals surface area (Å²) in [6, 6.07) is 8.83. The summed E-state index contributed by atoms with van der Waals surface area (Å²) in [7, 11) is 0. The lowest BCUT2D eigenvalue weighted by molar-refractivity contribution is 0.451. The van der Waals surface area contributed by atoms with Crippen LogP contribution in [0.5, 0.6) is 11.5 Å². The van der Waals surface area contributed by atoms with Gasteiger partial charge in [-0.2, -0.15) is 0 Å². The van der Waals surface area contributed by atoms with Crippen molar-refractivity contribution in [1.29, 1.82) is 0 Å². The first-order valence-corrected chi connectivity index (χ1v) is 7.79. The van der Waals surface area contributed by atoms with Crippen LogP contribution in [0.15, 0.2) is 52.3 Å². The van der Waals surface area contributed by atoms with Crippen molar-refractivity contribution in [2.75, 3.05) is 0 Å². The number of nitrogens with one attached hydrogen (secondary N) is 2. The molecule has 0 amide bonds. The van der Waals surface area contributed by atoms with Crippen molar-refractivity contribution < 1.29 is 10.2 Å². The predicted octanol–water partition coefficient (Wildman–Crippen LogP) is 2.27. The molecule has 6 nitrogen and oxygen atoms in total. The Hall–Kier alpha value is -3.28. The average Bonchev–Trinajstić information content (AvgIpc) is 2.61. The quantitative estimate of drug-likeness (QED) is 0.588. The molecule has 128 valence electrons. The second kappa shape index (κ2) is 6.32. The highest BCUT2D eigenvalue weighted by Crippen LogP contribution is 2.38. The molecule has 0 aliphatic carbocycles. The molecule has 0 spiro atoms. The molecule has 3 aromatic rings. The summed E-state index contributed by atoms with van der Waals surface area (Å²) >= 11 is 0.